The zero-order chi connectivity index (χ0) is 13.7. The highest BCUT2D eigenvalue weighted by Crippen LogP contribution is 2.21. The van der Waals surface area contributed by atoms with Gasteiger partial charge >= 0.3 is 0 Å². The summed E-state index contributed by atoms with van der Waals surface area (Å²) in [4.78, 5) is 16.1. The molecular formula is C14H10BrN3O. The number of nitrogens with zero attached hydrogens (tertiary/aromatic N) is 2. The first-order valence-electron chi connectivity index (χ1n) is 5.58. The Hall–Kier alpha value is -2.19. The molecule has 1 aromatic heterocycles. The minimum atomic E-state index is -0.852. The van der Waals surface area contributed by atoms with Crippen LogP contribution in [0.5, 0.6) is 0 Å². The molecule has 1 unspecified atom stereocenters. The van der Waals surface area contributed by atoms with Gasteiger partial charge in [0.25, 0.3) is 0 Å². The maximum atomic E-state index is 12.1. The number of aromatic nitrogens is 1. The first-order chi connectivity index (χ1) is 9.22. The average Bonchev–Trinajstić information content (AvgIpc) is 2.43. The molecule has 0 fully saturated rings. The molecule has 1 atom stereocenters. The number of benzene rings is 1. The van der Waals surface area contributed by atoms with E-state index in [1.54, 1.807) is 42.6 Å². The fraction of sp³-hybridized carbons (Fsp3) is 0.0714. The van der Waals surface area contributed by atoms with Gasteiger partial charge in [-0.2, -0.15) is 5.26 Å². The third-order valence-corrected chi connectivity index (χ3v) is 3.16. The van der Waals surface area contributed by atoms with Crippen LogP contribution in [0.3, 0.4) is 0 Å². The molecule has 1 N–H and O–H groups in total. The summed E-state index contributed by atoms with van der Waals surface area (Å²) in [6, 6.07) is 14.5. The standard InChI is InChI=1S/C14H10BrN3O/c15-12-7-4-8-17-13(12)18-14(19)11(9-16)10-5-2-1-3-6-10/h1-8,11H,(H,17,18,19). The SMILES string of the molecule is N#CC(C(=O)Nc1ncccc1Br)c1ccccc1. The smallest absolute Gasteiger partial charge is 0.247 e. The maximum Gasteiger partial charge on any atom is 0.247 e. The van der Waals surface area contributed by atoms with Gasteiger partial charge in [-0.15, -0.1) is 0 Å². The van der Waals surface area contributed by atoms with E-state index in [9.17, 15) is 4.79 Å². The summed E-state index contributed by atoms with van der Waals surface area (Å²) in [5, 5.41) is 11.8. The van der Waals surface area contributed by atoms with Crippen LogP contribution in [0.15, 0.2) is 53.1 Å². The number of anilines is 1. The van der Waals surface area contributed by atoms with Gasteiger partial charge in [-0.1, -0.05) is 30.3 Å². The van der Waals surface area contributed by atoms with E-state index in [2.05, 4.69) is 26.2 Å². The van der Waals surface area contributed by atoms with Crippen molar-refractivity contribution in [2.75, 3.05) is 5.32 Å². The monoisotopic (exact) mass is 315 g/mol. The molecule has 94 valence electrons. The van der Waals surface area contributed by atoms with Crippen molar-refractivity contribution in [1.82, 2.24) is 4.98 Å². The summed E-state index contributed by atoms with van der Waals surface area (Å²) in [5.41, 5.74) is 0.662. The van der Waals surface area contributed by atoms with Crippen molar-refractivity contribution in [3.63, 3.8) is 0 Å². The lowest BCUT2D eigenvalue weighted by Gasteiger charge is -2.10. The number of amides is 1. The van der Waals surface area contributed by atoms with E-state index in [0.29, 0.717) is 15.9 Å². The summed E-state index contributed by atoms with van der Waals surface area (Å²) in [5.74, 6) is -0.841. The average molecular weight is 316 g/mol. The van der Waals surface area contributed by atoms with Crippen molar-refractivity contribution in [2.24, 2.45) is 0 Å². The highest BCUT2D eigenvalue weighted by molar-refractivity contribution is 9.10. The molecule has 1 amide bonds. The Balaban J connectivity index is 2.20. The Kier molecular flexibility index (Phi) is 4.26. The molecule has 0 aliphatic carbocycles. The molecule has 0 spiro atoms. The molecular weight excluding hydrogens is 306 g/mol. The van der Waals surface area contributed by atoms with Crippen LogP contribution < -0.4 is 5.32 Å². The van der Waals surface area contributed by atoms with E-state index >= 15 is 0 Å². The van der Waals surface area contributed by atoms with E-state index in [4.69, 9.17) is 5.26 Å². The summed E-state index contributed by atoms with van der Waals surface area (Å²) in [6.07, 6.45) is 1.57. The second-order valence-corrected chi connectivity index (χ2v) is 4.65. The van der Waals surface area contributed by atoms with E-state index in [1.165, 1.54) is 0 Å². The van der Waals surface area contributed by atoms with E-state index in [1.807, 2.05) is 12.1 Å². The number of halogens is 1. The Bertz CT molecular complexity index is 622. The van der Waals surface area contributed by atoms with Crippen molar-refractivity contribution in [3.8, 4) is 6.07 Å². The predicted molar refractivity (Wildman–Crippen MR) is 75.4 cm³/mol. The van der Waals surface area contributed by atoms with Crippen molar-refractivity contribution in [1.29, 1.82) is 5.26 Å². The van der Waals surface area contributed by atoms with Gasteiger partial charge in [0.1, 0.15) is 5.82 Å². The molecule has 4 nitrogen and oxygen atoms in total. The van der Waals surface area contributed by atoms with Crippen molar-refractivity contribution < 1.29 is 4.79 Å². The van der Waals surface area contributed by atoms with Gasteiger partial charge in [0.05, 0.1) is 10.5 Å². The van der Waals surface area contributed by atoms with Crippen LogP contribution in [0.2, 0.25) is 0 Å². The summed E-state index contributed by atoms with van der Waals surface area (Å²) < 4.78 is 0.674. The second kappa shape index (κ2) is 6.12. The number of carbonyl (C=O) groups excluding carboxylic acids is 1. The lowest BCUT2D eigenvalue weighted by atomic mass is 10.00. The van der Waals surface area contributed by atoms with Gasteiger partial charge in [-0.25, -0.2) is 4.98 Å². The van der Waals surface area contributed by atoms with E-state index < -0.39 is 11.8 Å². The Morgan fingerprint density at radius 2 is 2.00 bits per heavy atom. The molecule has 0 saturated heterocycles. The van der Waals surface area contributed by atoms with Crippen LogP contribution in [-0.2, 0) is 4.79 Å². The topological polar surface area (TPSA) is 65.8 Å². The normalized spacial score (nSPS) is 11.4. The second-order valence-electron chi connectivity index (χ2n) is 3.80. The van der Waals surface area contributed by atoms with Gasteiger partial charge < -0.3 is 5.32 Å². The molecule has 0 radical (unpaired) electrons. The summed E-state index contributed by atoms with van der Waals surface area (Å²) >= 11 is 3.29. The molecule has 0 aliphatic rings. The molecule has 1 heterocycles. The van der Waals surface area contributed by atoms with Gasteiger partial charge in [0, 0.05) is 6.20 Å². The maximum absolute atomic E-state index is 12.1. The van der Waals surface area contributed by atoms with Crippen LogP contribution in [0.4, 0.5) is 5.82 Å². The number of nitrogens with one attached hydrogen (secondary N) is 1. The molecule has 19 heavy (non-hydrogen) atoms. The molecule has 2 rings (SSSR count). The zero-order valence-corrected chi connectivity index (χ0v) is 11.5. The van der Waals surface area contributed by atoms with Gasteiger partial charge in [0.15, 0.2) is 5.92 Å². The number of hydrogen-bond acceptors (Lipinski definition) is 3. The molecule has 1 aromatic carbocycles. The molecule has 0 saturated carbocycles. The summed E-state index contributed by atoms with van der Waals surface area (Å²) in [7, 11) is 0. The van der Waals surface area contributed by atoms with Crippen LogP contribution in [0.25, 0.3) is 0 Å². The van der Waals surface area contributed by atoms with Crippen LogP contribution >= 0.6 is 15.9 Å². The van der Waals surface area contributed by atoms with Crippen LogP contribution in [0.1, 0.15) is 11.5 Å². The minimum Gasteiger partial charge on any atom is -0.308 e. The predicted octanol–water partition coefficient (Wildman–Crippen LogP) is 3.09. The lowest BCUT2D eigenvalue weighted by Crippen LogP contribution is -2.20. The van der Waals surface area contributed by atoms with Crippen molar-refractivity contribution in [2.45, 2.75) is 5.92 Å². The molecule has 0 aliphatic heterocycles. The quantitative estimate of drug-likeness (QED) is 0.946. The zero-order valence-electron chi connectivity index (χ0n) is 9.88. The van der Waals surface area contributed by atoms with Crippen molar-refractivity contribution >= 4 is 27.7 Å². The first kappa shape index (κ1) is 13.2. The van der Waals surface area contributed by atoms with Crippen molar-refractivity contribution in [3.05, 3.63) is 58.7 Å². The summed E-state index contributed by atoms with van der Waals surface area (Å²) in [6.45, 7) is 0. The fourth-order valence-electron chi connectivity index (χ4n) is 1.60. The largest absolute Gasteiger partial charge is 0.308 e. The number of carbonyl (C=O) groups is 1. The number of nitriles is 1. The van der Waals surface area contributed by atoms with E-state index in [0.717, 1.165) is 0 Å². The highest BCUT2D eigenvalue weighted by Gasteiger charge is 2.20. The number of pyridine rings is 1. The van der Waals surface area contributed by atoms with Gasteiger partial charge in [-0.3, -0.25) is 4.79 Å². The number of hydrogen-bond donors (Lipinski definition) is 1. The molecule has 0 bridgehead atoms. The Morgan fingerprint density at radius 1 is 1.26 bits per heavy atom. The van der Waals surface area contributed by atoms with E-state index in [-0.39, 0.29) is 0 Å². The third kappa shape index (κ3) is 3.18. The fourth-order valence-corrected chi connectivity index (χ4v) is 1.95. The van der Waals surface area contributed by atoms with Crippen LogP contribution in [0, 0.1) is 11.3 Å². The van der Waals surface area contributed by atoms with Gasteiger partial charge in [0.2, 0.25) is 5.91 Å². The molecule has 5 heteroatoms. The van der Waals surface area contributed by atoms with Gasteiger partial charge in [-0.05, 0) is 33.6 Å². The Morgan fingerprint density at radius 3 is 2.63 bits per heavy atom. The molecule has 2 aromatic rings. The third-order valence-electron chi connectivity index (χ3n) is 2.52. The Labute approximate surface area is 119 Å². The first-order valence-corrected chi connectivity index (χ1v) is 6.37. The minimum absolute atomic E-state index is 0.395. The highest BCUT2D eigenvalue weighted by atomic mass is 79.9. The van der Waals surface area contributed by atoms with Crippen LogP contribution in [-0.4, -0.2) is 10.9 Å². The number of rotatable bonds is 3. The lowest BCUT2D eigenvalue weighted by molar-refractivity contribution is -0.116.